The lowest BCUT2D eigenvalue weighted by atomic mass is 10.1. The minimum absolute atomic E-state index is 0.112. The Morgan fingerprint density at radius 2 is 1.55 bits per heavy atom. The van der Waals surface area contributed by atoms with Crippen molar-refractivity contribution in [1.82, 2.24) is 4.90 Å². The third-order valence-electron chi connectivity index (χ3n) is 5.54. The van der Waals surface area contributed by atoms with Crippen molar-refractivity contribution in [2.45, 2.75) is 6.42 Å². The van der Waals surface area contributed by atoms with Crippen LogP contribution in [-0.4, -0.2) is 52.5 Å². The van der Waals surface area contributed by atoms with Crippen LogP contribution in [0.3, 0.4) is 0 Å². The van der Waals surface area contributed by atoms with Gasteiger partial charge in [0.05, 0.1) is 22.5 Å². The Morgan fingerprint density at radius 3 is 2.21 bits per heavy atom. The molecule has 2 amide bonds. The van der Waals surface area contributed by atoms with E-state index < -0.39 is 53.2 Å². The maximum Gasteiger partial charge on any atom is 0.343 e. The number of ether oxygens (including phenoxy) is 2. The van der Waals surface area contributed by atoms with Gasteiger partial charge in [0.2, 0.25) is 0 Å². The fraction of sp³-hybridized carbons (Fsp3) is 0.115. The third kappa shape index (κ3) is 5.65. The van der Waals surface area contributed by atoms with Gasteiger partial charge in [-0.25, -0.2) is 4.79 Å². The summed E-state index contributed by atoms with van der Waals surface area (Å²) in [7, 11) is 0. The van der Waals surface area contributed by atoms with Crippen molar-refractivity contribution < 1.29 is 38.4 Å². The SMILES string of the molecule is O=C(CCN1C(=O)c2cccc([N+](=O)[O-])c2C1=O)OCC(=O)c1ccc(OC(=O)c2ccc(Br)cc2)cc1. The first-order valence-corrected chi connectivity index (χ1v) is 11.8. The van der Waals surface area contributed by atoms with E-state index in [9.17, 15) is 34.1 Å². The highest BCUT2D eigenvalue weighted by Gasteiger charge is 2.40. The van der Waals surface area contributed by atoms with Crippen LogP contribution >= 0.6 is 15.9 Å². The van der Waals surface area contributed by atoms with Crippen LogP contribution in [0.5, 0.6) is 5.75 Å². The summed E-state index contributed by atoms with van der Waals surface area (Å²) in [5.41, 5.74) is -0.380. The van der Waals surface area contributed by atoms with E-state index in [2.05, 4.69) is 15.9 Å². The lowest BCUT2D eigenvalue weighted by molar-refractivity contribution is -0.385. The minimum Gasteiger partial charge on any atom is -0.457 e. The number of hydrogen-bond acceptors (Lipinski definition) is 9. The van der Waals surface area contributed by atoms with Crippen LogP contribution in [0.1, 0.15) is 47.9 Å². The van der Waals surface area contributed by atoms with Gasteiger partial charge >= 0.3 is 11.9 Å². The Balaban J connectivity index is 1.27. The molecule has 12 heteroatoms. The average Bonchev–Trinajstić information content (AvgIpc) is 3.15. The summed E-state index contributed by atoms with van der Waals surface area (Å²) in [5, 5.41) is 11.2. The van der Waals surface area contributed by atoms with Crippen molar-refractivity contribution in [2.75, 3.05) is 13.2 Å². The van der Waals surface area contributed by atoms with Gasteiger partial charge in [-0.2, -0.15) is 0 Å². The molecule has 0 aliphatic carbocycles. The highest BCUT2D eigenvalue weighted by Crippen LogP contribution is 2.30. The molecular weight excluding hydrogens is 564 g/mol. The van der Waals surface area contributed by atoms with E-state index >= 15 is 0 Å². The molecule has 0 bridgehead atoms. The molecule has 0 N–H and O–H groups in total. The summed E-state index contributed by atoms with van der Waals surface area (Å²) in [6.45, 7) is -0.959. The lowest BCUT2D eigenvalue weighted by Crippen LogP contribution is -2.32. The number of carbonyl (C=O) groups excluding carboxylic acids is 5. The molecule has 0 saturated carbocycles. The normalized spacial score (nSPS) is 12.2. The molecule has 0 unspecified atom stereocenters. The van der Waals surface area contributed by atoms with E-state index in [0.717, 1.165) is 15.4 Å². The van der Waals surface area contributed by atoms with Gasteiger partial charge in [0.1, 0.15) is 11.3 Å². The molecule has 4 rings (SSSR count). The number of halogens is 1. The molecule has 0 atom stereocenters. The molecule has 3 aromatic carbocycles. The maximum absolute atomic E-state index is 12.5. The molecule has 1 aliphatic rings. The second-order valence-corrected chi connectivity index (χ2v) is 8.89. The monoisotopic (exact) mass is 580 g/mol. The van der Waals surface area contributed by atoms with Crippen LogP contribution in [0.15, 0.2) is 71.2 Å². The predicted octanol–water partition coefficient (Wildman–Crippen LogP) is 3.99. The number of rotatable bonds is 9. The summed E-state index contributed by atoms with van der Waals surface area (Å²) in [6, 6.07) is 16.0. The molecular formula is C26H17BrN2O9. The largest absolute Gasteiger partial charge is 0.457 e. The second-order valence-electron chi connectivity index (χ2n) is 7.97. The molecule has 0 saturated heterocycles. The fourth-order valence-corrected chi connectivity index (χ4v) is 3.90. The van der Waals surface area contributed by atoms with Crippen LogP contribution in [-0.2, 0) is 9.53 Å². The Kier molecular flexibility index (Phi) is 7.72. The summed E-state index contributed by atoms with van der Waals surface area (Å²) in [4.78, 5) is 72.9. The van der Waals surface area contributed by atoms with Crippen molar-refractivity contribution in [2.24, 2.45) is 0 Å². The van der Waals surface area contributed by atoms with E-state index in [1.807, 2.05) is 0 Å². The van der Waals surface area contributed by atoms with Crippen molar-refractivity contribution in [1.29, 1.82) is 0 Å². The number of nitrogens with zero attached hydrogens (tertiary/aromatic N) is 2. The van der Waals surface area contributed by atoms with Crippen molar-refractivity contribution in [3.8, 4) is 5.75 Å². The molecule has 1 heterocycles. The molecule has 0 aromatic heterocycles. The molecule has 192 valence electrons. The second kappa shape index (κ2) is 11.1. The van der Waals surface area contributed by atoms with Crippen molar-refractivity contribution in [3.05, 3.63) is 104 Å². The Hall–Kier alpha value is -4.71. The minimum atomic E-state index is -0.873. The number of nitro groups is 1. The van der Waals surface area contributed by atoms with Gasteiger partial charge in [-0.05, 0) is 54.6 Å². The van der Waals surface area contributed by atoms with Crippen LogP contribution < -0.4 is 4.74 Å². The summed E-state index contributed by atoms with van der Waals surface area (Å²) in [6.07, 6.45) is -0.405. The van der Waals surface area contributed by atoms with Crippen LogP contribution in [0.25, 0.3) is 0 Å². The van der Waals surface area contributed by atoms with Crippen molar-refractivity contribution in [3.63, 3.8) is 0 Å². The molecule has 0 fully saturated rings. The number of esters is 2. The Morgan fingerprint density at radius 1 is 0.895 bits per heavy atom. The number of Topliss-reactive ketones (excluding diaryl/α,β-unsaturated/α-hetero) is 1. The summed E-state index contributed by atoms with van der Waals surface area (Å²) < 4.78 is 11.0. The smallest absolute Gasteiger partial charge is 0.343 e. The molecule has 3 aromatic rings. The zero-order valence-electron chi connectivity index (χ0n) is 19.4. The first-order chi connectivity index (χ1) is 18.2. The number of imide groups is 1. The summed E-state index contributed by atoms with van der Waals surface area (Å²) >= 11 is 3.28. The van der Waals surface area contributed by atoms with Gasteiger partial charge < -0.3 is 9.47 Å². The standard InChI is InChI=1S/C26H17BrN2O9/c27-17-8-4-16(5-9-17)26(34)38-18-10-6-15(7-11-18)21(30)14-37-22(31)12-13-28-24(32)19-2-1-3-20(29(35)36)23(19)25(28)33/h1-11H,12-14H2. The number of nitro benzene ring substituents is 1. The Bertz CT molecular complexity index is 1470. The predicted molar refractivity (Wildman–Crippen MR) is 134 cm³/mol. The lowest BCUT2D eigenvalue weighted by Gasteiger charge is -2.13. The zero-order valence-corrected chi connectivity index (χ0v) is 21.0. The highest BCUT2D eigenvalue weighted by molar-refractivity contribution is 9.10. The topological polar surface area (TPSA) is 150 Å². The van der Waals surface area contributed by atoms with Crippen LogP contribution in [0.2, 0.25) is 0 Å². The number of benzene rings is 3. The highest BCUT2D eigenvalue weighted by atomic mass is 79.9. The van der Waals surface area contributed by atoms with Gasteiger partial charge in [0, 0.05) is 22.6 Å². The molecule has 11 nitrogen and oxygen atoms in total. The van der Waals surface area contributed by atoms with E-state index in [1.165, 1.54) is 36.4 Å². The van der Waals surface area contributed by atoms with Gasteiger partial charge in [-0.3, -0.25) is 34.2 Å². The number of ketones is 1. The van der Waals surface area contributed by atoms with Crippen molar-refractivity contribution >= 4 is 51.2 Å². The first kappa shape index (κ1) is 26.4. The van der Waals surface area contributed by atoms with E-state index in [-0.39, 0.29) is 29.0 Å². The van der Waals surface area contributed by atoms with E-state index in [1.54, 1.807) is 24.3 Å². The molecule has 1 aliphatic heterocycles. The number of hydrogen-bond donors (Lipinski definition) is 0. The molecule has 0 radical (unpaired) electrons. The van der Waals surface area contributed by atoms with E-state index in [0.29, 0.717) is 5.56 Å². The third-order valence-corrected chi connectivity index (χ3v) is 6.07. The maximum atomic E-state index is 12.5. The van der Waals surface area contributed by atoms with E-state index in [4.69, 9.17) is 9.47 Å². The van der Waals surface area contributed by atoms with Crippen LogP contribution in [0, 0.1) is 10.1 Å². The first-order valence-electron chi connectivity index (χ1n) is 11.1. The van der Waals surface area contributed by atoms with Gasteiger partial charge in [-0.1, -0.05) is 22.0 Å². The Labute approximate surface area is 223 Å². The molecule has 0 spiro atoms. The quantitative estimate of drug-likeness (QED) is 0.0913. The number of amides is 2. The van der Waals surface area contributed by atoms with Gasteiger partial charge in [0.15, 0.2) is 12.4 Å². The summed E-state index contributed by atoms with van der Waals surface area (Å²) in [5.74, 6) is -3.35. The number of carbonyl (C=O) groups is 5. The van der Waals surface area contributed by atoms with Gasteiger partial charge in [-0.15, -0.1) is 0 Å². The van der Waals surface area contributed by atoms with Crippen LogP contribution in [0.4, 0.5) is 5.69 Å². The average molecular weight is 581 g/mol. The zero-order chi connectivity index (χ0) is 27.4. The fourth-order valence-electron chi connectivity index (χ4n) is 3.64. The molecule has 38 heavy (non-hydrogen) atoms. The van der Waals surface area contributed by atoms with Gasteiger partial charge in [0.25, 0.3) is 17.5 Å². The number of fused-ring (bicyclic) bond motifs is 1.